The van der Waals surface area contributed by atoms with E-state index in [2.05, 4.69) is 19.2 Å². The van der Waals surface area contributed by atoms with Crippen molar-refractivity contribution in [3.8, 4) is 0 Å². The summed E-state index contributed by atoms with van der Waals surface area (Å²) in [5, 5.41) is 2.45. The maximum atomic E-state index is 10.7. The van der Waals surface area contributed by atoms with Gasteiger partial charge >= 0.3 is 0 Å². The van der Waals surface area contributed by atoms with Gasteiger partial charge in [0.05, 0.1) is 0 Å². The highest BCUT2D eigenvalue weighted by molar-refractivity contribution is 6.29. The van der Waals surface area contributed by atoms with Crippen molar-refractivity contribution in [1.82, 2.24) is 0 Å². The summed E-state index contributed by atoms with van der Waals surface area (Å²) in [5.74, 6) is -0.159. The third kappa shape index (κ3) is 2.69. The number of carbonyl (C=O) groups excluding carboxylic acids is 2. The summed E-state index contributed by atoms with van der Waals surface area (Å²) in [6, 6.07) is 7.45. The Kier molecular flexibility index (Phi) is 3.40. The second kappa shape index (κ2) is 4.56. The molecule has 1 rings (SSSR count). The minimum Gasteiger partial charge on any atom is -0.320 e. The summed E-state index contributed by atoms with van der Waals surface area (Å²) >= 11 is 0. The summed E-state index contributed by atoms with van der Waals surface area (Å²) in [5.41, 5.74) is 1.85. The highest BCUT2D eigenvalue weighted by Gasteiger charge is 2.01. The average molecular weight is 191 g/mol. The maximum Gasteiger partial charge on any atom is 0.288 e. The Hall–Kier alpha value is -1.64. The summed E-state index contributed by atoms with van der Waals surface area (Å²) in [6.45, 7) is 4.19. The zero-order valence-corrected chi connectivity index (χ0v) is 8.28. The standard InChI is InChI=1S/C11H13NO2/c1-8(2)9-3-5-10(6-4-9)12-11(14)7-13/h3-8H,1-2H3,(H,12,14). The van der Waals surface area contributed by atoms with Gasteiger partial charge in [-0.3, -0.25) is 9.59 Å². The molecule has 0 saturated heterocycles. The molecule has 1 aromatic rings. The fourth-order valence-corrected chi connectivity index (χ4v) is 1.12. The van der Waals surface area contributed by atoms with Crippen LogP contribution >= 0.6 is 0 Å². The number of benzene rings is 1. The summed E-state index contributed by atoms with van der Waals surface area (Å²) in [7, 11) is 0. The molecule has 1 amide bonds. The Morgan fingerprint density at radius 2 is 1.86 bits per heavy atom. The number of anilines is 1. The van der Waals surface area contributed by atoms with Crippen LogP contribution in [0.4, 0.5) is 5.69 Å². The van der Waals surface area contributed by atoms with Gasteiger partial charge in [0.2, 0.25) is 6.29 Å². The highest BCUT2D eigenvalue weighted by atomic mass is 16.2. The lowest BCUT2D eigenvalue weighted by molar-refractivity contribution is -0.127. The molecule has 3 nitrogen and oxygen atoms in total. The Morgan fingerprint density at radius 1 is 1.29 bits per heavy atom. The number of nitrogens with one attached hydrogen (secondary N) is 1. The van der Waals surface area contributed by atoms with Gasteiger partial charge in [0, 0.05) is 5.69 Å². The van der Waals surface area contributed by atoms with Crippen molar-refractivity contribution in [3.05, 3.63) is 29.8 Å². The maximum absolute atomic E-state index is 10.7. The van der Waals surface area contributed by atoms with E-state index < -0.39 is 5.91 Å². The van der Waals surface area contributed by atoms with Crippen molar-refractivity contribution in [2.75, 3.05) is 5.32 Å². The van der Waals surface area contributed by atoms with Gasteiger partial charge in [-0.15, -0.1) is 0 Å². The first-order chi connectivity index (χ1) is 6.63. The van der Waals surface area contributed by atoms with Gasteiger partial charge in [-0.2, -0.15) is 0 Å². The molecule has 0 radical (unpaired) electrons. The zero-order chi connectivity index (χ0) is 10.6. The van der Waals surface area contributed by atoms with E-state index in [4.69, 9.17) is 0 Å². The molecule has 1 N–H and O–H groups in total. The fraction of sp³-hybridized carbons (Fsp3) is 0.273. The second-order valence-corrected chi connectivity index (χ2v) is 3.38. The summed E-state index contributed by atoms with van der Waals surface area (Å²) in [6.07, 6.45) is 0.260. The normalized spacial score (nSPS) is 9.93. The first kappa shape index (κ1) is 10.4. The predicted molar refractivity (Wildman–Crippen MR) is 55.2 cm³/mol. The minimum absolute atomic E-state index is 0.260. The van der Waals surface area contributed by atoms with E-state index in [0.29, 0.717) is 11.6 Å². The topological polar surface area (TPSA) is 46.2 Å². The third-order valence-electron chi connectivity index (χ3n) is 1.95. The molecule has 0 atom stereocenters. The molecule has 0 unspecified atom stereocenters. The van der Waals surface area contributed by atoms with Crippen LogP contribution in [0.5, 0.6) is 0 Å². The Bertz CT molecular complexity index is 328. The van der Waals surface area contributed by atoms with E-state index in [1.54, 1.807) is 12.1 Å². The third-order valence-corrected chi connectivity index (χ3v) is 1.95. The van der Waals surface area contributed by atoms with E-state index in [0.717, 1.165) is 0 Å². The molecule has 14 heavy (non-hydrogen) atoms. The molecule has 0 aliphatic rings. The van der Waals surface area contributed by atoms with Crippen LogP contribution in [-0.4, -0.2) is 12.2 Å². The molecule has 0 aliphatic heterocycles. The molecule has 0 saturated carbocycles. The minimum atomic E-state index is -0.623. The van der Waals surface area contributed by atoms with Crippen LogP contribution in [0.2, 0.25) is 0 Å². The van der Waals surface area contributed by atoms with E-state index in [9.17, 15) is 9.59 Å². The lowest BCUT2D eigenvalue weighted by atomic mass is 10.0. The van der Waals surface area contributed by atoms with E-state index in [1.807, 2.05) is 12.1 Å². The molecule has 3 heteroatoms. The predicted octanol–water partition coefficient (Wildman–Crippen LogP) is 1.95. The second-order valence-electron chi connectivity index (χ2n) is 3.38. The van der Waals surface area contributed by atoms with Crippen LogP contribution in [0.15, 0.2) is 24.3 Å². The van der Waals surface area contributed by atoms with Crippen molar-refractivity contribution in [2.45, 2.75) is 19.8 Å². The molecule has 0 spiro atoms. The van der Waals surface area contributed by atoms with Crippen LogP contribution in [-0.2, 0) is 9.59 Å². The zero-order valence-electron chi connectivity index (χ0n) is 8.28. The molecule has 0 aromatic heterocycles. The molecule has 0 heterocycles. The van der Waals surface area contributed by atoms with E-state index in [1.165, 1.54) is 5.56 Å². The molecule has 1 aromatic carbocycles. The quantitative estimate of drug-likeness (QED) is 0.586. The highest BCUT2D eigenvalue weighted by Crippen LogP contribution is 2.16. The van der Waals surface area contributed by atoms with Gasteiger partial charge in [-0.1, -0.05) is 26.0 Å². The van der Waals surface area contributed by atoms with Crippen molar-refractivity contribution in [3.63, 3.8) is 0 Å². The number of hydrogen-bond donors (Lipinski definition) is 1. The monoisotopic (exact) mass is 191 g/mol. The van der Waals surface area contributed by atoms with Crippen molar-refractivity contribution < 1.29 is 9.59 Å². The fourth-order valence-electron chi connectivity index (χ4n) is 1.12. The molecular weight excluding hydrogens is 178 g/mol. The molecule has 0 bridgehead atoms. The smallest absolute Gasteiger partial charge is 0.288 e. The van der Waals surface area contributed by atoms with Crippen molar-refractivity contribution >= 4 is 17.9 Å². The first-order valence-electron chi connectivity index (χ1n) is 4.49. The number of amides is 1. The van der Waals surface area contributed by atoms with Crippen LogP contribution < -0.4 is 5.32 Å². The SMILES string of the molecule is CC(C)c1ccc(NC(=O)C=O)cc1. The number of rotatable bonds is 3. The Balaban J connectivity index is 2.73. The van der Waals surface area contributed by atoms with Crippen LogP contribution in [0, 0.1) is 0 Å². The molecule has 0 aliphatic carbocycles. The van der Waals surface area contributed by atoms with E-state index >= 15 is 0 Å². The van der Waals surface area contributed by atoms with Crippen LogP contribution in [0.1, 0.15) is 25.3 Å². The van der Waals surface area contributed by atoms with Gasteiger partial charge in [0.1, 0.15) is 0 Å². The van der Waals surface area contributed by atoms with Gasteiger partial charge in [-0.25, -0.2) is 0 Å². The summed E-state index contributed by atoms with van der Waals surface area (Å²) in [4.78, 5) is 20.8. The number of aldehydes is 1. The van der Waals surface area contributed by atoms with Crippen molar-refractivity contribution in [1.29, 1.82) is 0 Å². The first-order valence-corrected chi connectivity index (χ1v) is 4.49. The molecule has 0 fully saturated rings. The van der Waals surface area contributed by atoms with Crippen molar-refractivity contribution in [2.24, 2.45) is 0 Å². The largest absolute Gasteiger partial charge is 0.320 e. The number of carbonyl (C=O) groups is 2. The van der Waals surface area contributed by atoms with Gasteiger partial charge in [-0.05, 0) is 23.6 Å². The van der Waals surface area contributed by atoms with Crippen LogP contribution in [0.3, 0.4) is 0 Å². The molecular formula is C11H13NO2. The molecule has 74 valence electrons. The van der Waals surface area contributed by atoms with Gasteiger partial charge in [0.15, 0.2) is 0 Å². The Labute approximate surface area is 83.1 Å². The van der Waals surface area contributed by atoms with E-state index in [-0.39, 0.29) is 6.29 Å². The average Bonchev–Trinajstić information content (AvgIpc) is 2.18. The lowest BCUT2D eigenvalue weighted by Gasteiger charge is -2.06. The Morgan fingerprint density at radius 3 is 2.29 bits per heavy atom. The van der Waals surface area contributed by atoms with Crippen LogP contribution in [0.25, 0.3) is 0 Å². The van der Waals surface area contributed by atoms with Gasteiger partial charge < -0.3 is 5.32 Å². The number of hydrogen-bond acceptors (Lipinski definition) is 2. The summed E-state index contributed by atoms with van der Waals surface area (Å²) < 4.78 is 0. The lowest BCUT2D eigenvalue weighted by Crippen LogP contribution is -2.11. The van der Waals surface area contributed by atoms with Gasteiger partial charge in [0.25, 0.3) is 5.91 Å².